The van der Waals surface area contributed by atoms with E-state index in [0.717, 1.165) is 25.7 Å². The number of primary amides is 1. The van der Waals surface area contributed by atoms with Gasteiger partial charge in [-0.15, -0.1) is 5.10 Å². The van der Waals surface area contributed by atoms with Gasteiger partial charge in [-0.2, -0.15) is 0 Å². The molecule has 1 rings (SSSR count). The van der Waals surface area contributed by atoms with Crippen LogP contribution in [-0.2, 0) is 0 Å². The molecule has 0 aliphatic carbocycles. The maximum Gasteiger partial charge on any atom is 0.273 e. The minimum atomic E-state index is -0.629. The molecule has 4 N–H and O–H groups in total. The van der Waals surface area contributed by atoms with E-state index in [1.807, 2.05) is 0 Å². The van der Waals surface area contributed by atoms with Gasteiger partial charge in [-0.05, 0) is 12.8 Å². The number of anilines is 1. The largest absolute Gasteiger partial charge is 0.382 e. The Balaban J connectivity index is 2.96. The number of hydrogen-bond donors (Lipinski definition) is 2. The standard InChI is InChI=1S/C10H19N5O/c1-3-5-7(6-4-2)15-9(11)8(10(12)16)13-14-15/h7H,3-6,11H2,1-2H3,(H2,12,16). The van der Waals surface area contributed by atoms with E-state index in [-0.39, 0.29) is 17.6 Å². The second-order valence-corrected chi connectivity index (χ2v) is 3.86. The minimum Gasteiger partial charge on any atom is -0.382 e. The Hall–Kier alpha value is -1.59. The molecule has 16 heavy (non-hydrogen) atoms. The summed E-state index contributed by atoms with van der Waals surface area (Å²) in [5.74, 6) is -0.352. The van der Waals surface area contributed by atoms with E-state index in [1.165, 1.54) is 0 Å². The number of nitrogens with two attached hydrogens (primary N) is 2. The Kier molecular flexibility index (Phi) is 4.28. The van der Waals surface area contributed by atoms with Gasteiger partial charge in [-0.3, -0.25) is 4.79 Å². The summed E-state index contributed by atoms with van der Waals surface area (Å²) in [6, 6.07) is 0.204. The maximum atomic E-state index is 11.0. The van der Waals surface area contributed by atoms with Crippen LogP contribution < -0.4 is 11.5 Å². The normalized spacial score (nSPS) is 10.9. The Morgan fingerprint density at radius 1 is 1.38 bits per heavy atom. The number of carbonyl (C=O) groups excluding carboxylic acids is 1. The summed E-state index contributed by atoms with van der Waals surface area (Å²) in [5.41, 5.74) is 11.0. The van der Waals surface area contributed by atoms with Crippen LogP contribution in [0.15, 0.2) is 0 Å². The summed E-state index contributed by atoms with van der Waals surface area (Å²) in [6.07, 6.45) is 4.02. The lowest BCUT2D eigenvalue weighted by Gasteiger charge is -2.16. The van der Waals surface area contributed by atoms with E-state index >= 15 is 0 Å². The van der Waals surface area contributed by atoms with Crippen molar-refractivity contribution in [1.82, 2.24) is 15.0 Å². The molecule has 0 saturated heterocycles. The van der Waals surface area contributed by atoms with Crippen molar-refractivity contribution in [2.45, 2.75) is 45.6 Å². The van der Waals surface area contributed by atoms with Crippen LogP contribution in [0.25, 0.3) is 0 Å². The minimum absolute atomic E-state index is 0.0669. The first-order valence-corrected chi connectivity index (χ1v) is 5.62. The highest BCUT2D eigenvalue weighted by molar-refractivity contribution is 5.94. The Labute approximate surface area is 95.0 Å². The summed E-state index contributed by atoms with van der Waals surface area (Å²) in [5, 5.41) is 7.63. The third-order valence-electron chi connectivity index (χ3n) is 2.55. The highest BCUT2D eigenvalue weighted by Gasteiger charge is 2.19. The van der Waals surface area contributed by atoms with Crippen molar-refractivity contribution >= 4 is 11.7 Å². The molecule has 1 heterocycles. The molecule has 0 aliphatic rings. The first-order valence-electron chi connectivity index (χ1n) is 5.62. The zero-order valence-electron chi connectivity index (χ0n) is 9.81. The number of nitrogen functional groups attached to an aromatic ring is 1. The number of amides is 1. The quantitative estimate of drug-likeness (QED) is 0.757. The number of nitrogens with zero attached hydrogens (tertiary/aromatic N) is 3. The van der Waals surface area contributed by atoms with E-state index in [0.29, 0.717) is 0 Å². The molecule has 6 nitrogen and oxygen atoms in total. The highest BCUT2D eigenvalue weighted by atomic mass is 16.1. The van der Waals surface area contributed by atoms with Crippen molar-refractivity contribution in [1.29, 1.82) is 0 Å². The Morgan fingerprint density at radius 3 is 2.31 bits per heavy atom. The zero-order valence-corrected chi connectivity index (χ0v) is 9.81. The third-order valence-corrected chi connectivity index (χ3v) is 2.55. The fourth-order valence-electron chi connectivity index (χ4n) is 1.80. The van der Waals surface area contributed by atoms with Crippen molar-refractivity contribution in [2.75, 3.05) is 5.73 Å². The van der Waals surface area contributed by atoms with Crippen LogP contribution in [0.2, 0.25) is 0 Å². The van der Waals surface area contributed by atoms with Gasteiger partial charge in [0.15, 0.2) is 11.5 Å². The molecule has 0 unspecified atom stereocenters. The smallest absolute Gasteiger partial charge is 0.273 e. The average molecular weight is 225 g/mol. The van der Waals surface area contributed by atoms with Gasteiger partial charge in [0.1, 0.15) is 0 Å². The Morgan fingerprint density at radius 2 is 1.94 bits per heavy atom. The second-order valence-electron chi connectivity index (χ2n) is 3.86. The average Bonchev–Trinajstić information content (AvgIpc) is 2.60. The molecule has 1 amide bonds. The highest BCUT2D eigenvalue weighted by Crippen LogP contribution is 2.22. The number of hydrogen-bond acceptors (Lipinski definition) is 4. The fraction of sp³-hybridized carbons (Fsp3) is 0.700. The molecule has 6 heteroatoms. The zero-order chi connectivity index (χ0) is 12.1. The number of aromatic nitrogens is 3. The molecule has 0 saturated carbocycles. The van der Waals surface area contributed by atoms with Crippen LogP contribution in [0.1, 0.15) is 56.1 Å². The molecule has 0 radical (unpaired) electrons. The Bertz CT molecular complexity index is 354. The van der Waals surface area contributed by atoms with Gasteiger partial charge in [-0.25, -0.2) is 4.68 Å². The van der Waals surface area contributed by atoms with Crippen molar-refractivity contribution < 1.29 is 4.79 Å². The number of carbonyl (C=O) groups is 1. The van der Waals surface area contributed by atoms with E-state index in [4.69, 9.17) is 11.5 Å². The van der Waals surface area contributed by atoms with Crippen LogP contribution >= 0.6 is 0 Å². The molecule has 1 aromatic heterocycles. The summed E-state index contributed by atoms with van der Waals surface area (Å²) in [4.78, 5) is 11.0. The van der Waals surface area contributed by atoms with Crippen LogP contribution in [0.3, 0.4) is 0 Å². The monoisotopic (exact) mass is 225 g/mol. The van der Waals surface area contributed by atoms with Gasteiger partial charge in [-0.1, -0.05) is 31.9 Å². The molecular formula is C10H19N5O. The third kappa shape index (κ3) is 2.50. The molecule has 0 aromatic carbocycles. The predicted octanol–water partition coefficient (Wildman–Crippen LogP) is 1.10. The topological polar surface area (TPSA) is 99.8 Å². The summed E-state index contributed by atoms with van der Waals surface area (Å²) in [7, 11) is 0. The van der Waals surface area contributed by atoms with E-state index in [9.17, 15) is 4.79 Å². The van der Waals surface area contributed by atoms with Crippen molar-refractivity contribution in [2.24, 2.45) is 5.73 Å². The van der Waals surface area contributed by atoms with Gasteiger partial charge in [0.05, 0.1) is 6.04 Å². The summed E-state index contributed by atoms with van der Waals surface area (Å²) < 4.78 is 1.62. The molecule has 0 fully saturated rings. The van der Waals surface area contributed by atoms with Crippen molar-refractivity contribution in [3.63, 3.8) is 0 Å². The van der Waals surface area contributed by atoms with E-state index in [1.54, 1.807) is 4.68 Å². The van der Waals surface area contributed by atoms with Crippen molar-refractivity contribution in [3.8, 4) is 0 Å². The second kappa shape index (κ2) is 5.48. The molecule has 0 atom stereocenters. The fourth-order valence-corrected chi connectivity index (χ4v) is 1.80. The van der Waals surface area contributed by atoms with Crippen LogP contribution in [0.4, 0.5) is 5.82 Å². The van der Waals surface area contributed by atoms with Gasteiger partial charge >= 0.3 is 0 Å². The molecule has 0 bridgehead atoms. The van der Waals surface area contributed by atoms with Crippen molar-refractivity contribution in [3.05, 3.63) is 5.69 Å². The lowest BCUT2D eigenvalue weighted by Crippen LogP contribution is -2.17. The van der Waals surface area contributed by atoms with Crippen LogP contribution in [0, 0.1) is 0 Å². The molecular weight excluding hydrogens is 206 g/mol. The first kappa shape index (κ1) is 12.5. The number of rotatable bonds is 6. The SMILES string of the molecule is CCCC(CCC)n1nnc(C(N)=O)c1N. The summed E-state index contributed by atoms with van der Waals surface area (Å²) >= 11 is 0. The van der Waals surface area contributed by atoms with Gasteiger partial charge < -0.3 is 11.5 Å². The first-order chi connectivity index (χ1) is 7.61. The predicted molar refractivity (Wildman–Crippen MR) is 61.8 cm³/mol. The maximum absolute atomic E-state index is 11.0. The summed E-state index contributed by atoms with van der Waals surface area (Å²) in [6.45, 7) is 4.20. The molecule has 0 spiro atoms. The molecule has 1 aromatic rings. The van der Waals surface area contributed by atoms with Crippen LogP contribution in [0.5, 0.6) is 0 Å². The van der Waals surface area contributed by atoms with E-state index < -0.39 is 5.91 Å². The lowest BCUT2D eigenvalue weighted by molar-refractivity contribution is 0.0996. The van der Waals surface area contributed by atoms with Crippen LogP contribution in [-0.4, -0.2) is 20.9 Å². The molecule has 0 aliphatic heterocycles. The molecule has 90 valence electrons. The van der Waals surface area contributed by atoms with Gasteiger partial charge in [0.25, 0.3) is 5.91 Å². The lowest BCUT2D eigenvalue weighted by atomic mass is 10.1. The van der Waals surface area contributed by atoms with E-state index in [2.05, 4.69) is 24.2 Å². The van der Waals surface area contributed by atoms with Gasteiger partial charge in [0.2, 0.25) is 0 Å². The van der Waals surface area contributed by atoms with Gasteiger partial charge in [0, 0.05) is 0 Å².